The molecular formula is C18H28Si. The number of hydrogen-bond donors (Lipinski definition) is 0. The summed E-state index contributed by atoms with van der Waals surface area (Å²) in [5.74, 6) is 0.600. The standard InChI is InChI=1S/C18H28Si/c1-6-7-11-18(17-12-9-8-10-13-17)14-16(2)15-19(3,4)5/h6,8-10,12-13,18H,1-2,7,11,14-15H2,3-5H3. The summed E-state index contributed by atoms with van der Waals surface area (Å²) >= 11 is 0. The molecule has 0 radical (unpaired) electrons. The van der Waals surface area contributed by atoms with Gasteiger partial charge in [0.15, 0.2) is 0 Å². The van der Waals surface area contributed by atoms with Crippen molar-refractivity contribution in [3.05, 3.63) is 60.7 Å². The quantitative estimate of drug-likeness (QED) is 0.401. The predicted octanol–water partition coefficient (Wildman–Crippen LogP) is 6.02. The zero-order valence-corrected chi connectivity index (χ0v) is 13.8. The Morgan fingerprint density at radius 1 is 1.21 bits per heavy atom. The van der Waals surface area contributed by atoms with Crippen LogP contribution in [0.5, 0.6) is 0 Å². The number of benzene rings is 1. The summed E-state index contributed by atoms with van der Waals surface area (Å²) in [7, 11) is -1.04. The van der Waals surface area contributed by atoms with E-state index in [1.807, 2.05) is 6.08 Å². The van der Waals surface area contributed by atoms with Crippen LogP contribution in [-0.4, -0.2) is 8.07 Å². The second kappa shape index (κ2) is 7.49. The molecule has 1 heteroatoms. The van der Waals surface area contributed by atoms with Crippen LogP contribution in [0.15, 0.2) is 55.1 Å². The molecule has 1 aromatic carbocycles. The second-order valence-corrected chi connectivity index (χ2v) is 12.1. The summed E-state index contributed by atoms with van der Waals surface area (Å²) in [6, 6.07) is 12.1. The third kappa shape index (κ3) is 6.58. The largest absolute Gasteiger partial charge is 0.103 e. The first-order valence-corrected chi connectivity index (χ1v) is 11.0. The van der Waals surface area contributed by atoms with Gasteiger partial charge in [0, 0.05) is 8.07 Å². The Morgan fingerprint density at radius 3 is 2.37 bits per heavy atom. The van der Waals surface area contributed by atoms with Crippen molar-refractivity contribution in [1.29, 1.82) is 0 Å². The number of hydrogen-bond acceptors (Lipinski definition) is 0. The minimum Gasteiger partial charge on any atom is -0.103 e. The molecule has 1 atom stereocenters. The van der Waals surface area contributed by atoms with Crippen LogP contribution in [-0.2, 0) is 0 Å². The molecule has 0 N–H and O–H groups in total. The molecule has 0 aliphatic rings. The van der Waals surface area contributed by atoms with E-state index in [0.29, 0.717) is 5.92 Å². The molecule has 0 saturated heterocycles. The van der Waals surface area contributed by atoms with Gasteiger partial charge in [-0.2, -0.15) is 0 Å². The van der Waals surface area contributed by atoms with E-state index >= 15 is 0 Å². The van der Waals surface area contributed by atoms with E-state index in [9.17, 15) is 0 Å². The smallest absolute Gasteiger partial charge is 0.0483 e. The van der Waals surface area contributed by atoms with E-state index in [2.05, 4.69) is 63.1 Å². The van der Waals surface area contributed by atoms with Gasteiger partial charge in [-0.15, -0.1) is 13.2 Å². The van der Waals surface area contributed by atoms with Gasteiger partial charge in [0.1, 0.15) is 0 Å². The van der Waals surface area contributed by atoms with Crippen LogP contribution >= 0.6 is 0 Å². The van der Waals surface area contributed by atoms with Crippen LogP contribution in [0, 0.1) is 0 Å². The maximum Gasteiger partial charge on any atom is 0.0483 e. The lowest BCUT2D eigenvalue weighted by atomic mass is 9.89. The molecule has 0 amide bonds. The van der Waals surface area contributed by atoms with Crippen LogP contribution in [0.1, 0.15) is 30.7 Å². The first-order chi connectivity index (χ1) is 8.92. The van der Waals surface area contributed by atoms with Gasteiger partial charge < -0.3 is 0 Å². The Hall–Kier alpha value is -1.08. The van der Waals surface area contributed by atoms with E-state index in [4.69, 9.17) is 0 Å². The molecule has 0 bridgehead atoms. The molecule has 0 heterocycles. The fourth-order valence-electron chi connectivity index (χ4n) is 2.60. The monoisotopic (exact) mass is 272 g/mol. The van der Waals surface area contributed by atoms with Crippen molar-refractivity contribution < 1.29 is 0 Å². The molecule has 0 nitrogen and oxygen atoms in total. The van der Waals surface area contributed by atoms with E-state index in [1.165, 1.54) is 23.6 Å². The summed E-state index contributed by atoms with van der Waals surface area (Å²) in [5.41, 5.74) is 2.87. The SMILES string of the molecule is C=CCCC(CC(=C)C[Si](C)(C)C)c1ccccc1. The molecule has 0 aliphatic carbocycles. The third-order valence-corrected chi connectivity index (χ3v) is 4.87. The van der Waals surface area contributed by atoms with Gasteiger partial charge in [0.05, 0.1) is 0 Å². The Kier molecular flexibility index (Phi) is 6.30. The molecule has 19 heavy (non-hydrogen) atoms. The van der Waals surface area contributed by atoms with Crippen LogP contribution in [0.2, 0.25) is 25.7 Å². The van der Waals surface area contributed by atoms with Gasteiger partial charge in [-0.3, -0.25) is 0 Å². The van der Waals surface area contributed by atoms with Crippen LogP contribution in [0.25, 0.3) is 0 Å². The molecular weight excluding hydrogens is 244 g/mol. The predicted molar refractivity (Wildman–Crippen MR) is 90.5 cm³/mol. The van der Waals surface area contributed by atoms with Gasteiger partial charge in [0.25, 0.3) is 0 Å². The fraction of sp³-hybridized carbons (Fsp3) is 0.444. The Labute approximate surface area is 120 Å². The Bertz CT molecular complexity index is 397. The zero-order chi connectivity index (χ0) is 14.3. The van der Waals surface area contributed by atoms with E-state index in [1.54, 1.807) is 0 Å². The van der Waals surface area contributed by atoms with Gasteiger partial charge in [-0.1, -0.05) is 61.6 Å². The molecule has 0 saturated carbocycles. The molecule has 1 rings (SSSR count). The lowest BCUT2D eigenvalue weighted by Crippen LogP contribution is -2.20. The van der Waals surface area contributed by atoms with Gasteiger partial charge in [-0.25, -0.2) is 0 Å². The van der Waals surface area contributed by atoms with E-state index < -0.39 is 8.07 Å². The van der Waals surface area contributed by atoms with Gasteiger partial charge >= 0.3 is 0 Å². The summed E-state index contributed by atoms with van der Waals surface area (Å²) in [6.45, 7) is 15.4. The highest BCUT2D eigenvalue weighted by Crippen LogP contribution is 2.31. The number of rotatable bonds is 8. The molecule has 0 fully saturated rings. The molecule has 104 valence electrons. The highest BCUT2D eigenvalue weighted by molar-refractivity contribution is 6.76. The minimum absolute atomic E-state index is 0.600. The maximum atomic E-state index is 4.32. The summed E-state index contributed by atoms with van der Waals surface area (Å²) in [6.07, 6.45) is 5.41. The van der Waals surface area contributed by atoms with Gasteiger partial charge in [-0.05, 0) is 36.8 Å². The summed E-state index contributed by atoms with van der Waals surface area (Å²) < 4.78 is 0. The van der Waals surface area contributed by atoms with Gasteiger partial charge in [0.2, 0.25) is 0 Å². The minimum atomic E-state index is -1.04. The first kappa shape index (κ1) is 16.0. The highest BCUT2D eigenvalue weighted by Gasteiger charge is 2.18. The zero-order valence-electron chi connectivity index (χ0n) is 12.8. The van der Waals surface area contributed by atoms with Crippen LogP contribution < -0.4 is 0 Å². The van der Waals surface area contributed by atoms with Crippen molar-refractivity contribution in [1.82, 2.24) is 0 Å². The molecule has 1 aromatic rings. The Balaban J connectivity index is 2.70. The lowest BCUT2D eigenvalue weighted by Gasteiger charge is -2.22. The van der Waals surface area contributed by atoms with Crippen molar-refractivity contribution in [2.75, 3.05) is 0 Å². The van der Waals surface area contributed by atoms with Crippen molar-refractivity contribution in [3.8, 4) is 0 Å². The average Bonchev–Trinajstić information content (AvgIpc) is 2.33. The summed E-state index contributed by atoms with van der Waals surface area (Å²) in [5, 5.41) is 0. The van der Waals surface area contributed by atoms with Crippen molar-refractivity contribution in [2.24, 2.45) is 0 Å². The van der Waals surface area contributed by atoms with Crippen molar-refractivity contribution in [3.63, 3.8) is 0 Å². The topological polar surface area (TPSA) is 0 Å². The van der Waals surface area contributed by atoms with Crippen molar-refractivity contribution >= 4 is 8.07 Å². The molecule has 1 unspecified atom stereocenters. The third-order valence-electron chi connectivity index (χ3n) is 3.31. The maximum absolute atomic E-state index is 4.32. The highest BCUT2D eigenvalue weighted by atomic mass is 28.3. The molecule has 0 spiro atoms. The van der Waals surface area contributed by atoms with E-state index in [0.717, 1.165) is 12.8 Å². The van der Waals surface area contributed by atoms with Crippen LogP contribution in [0.3, 0.4) is 0 Å². The number of allylic oxidation sites excluding steroid dienone is 2. The molecule has 0 aliphatic heterocycles. The van der Waals surface area contributed by atoms with Crippen LogP contribution in [0.4, 0.5) is 0 Å². The van der Waals surface area contributed by atoms with E-state index in [-0.39, 0.29) is 0 Å². The second-order valence-electron chi connectivity index (χ2n) is 6.67. The Morgan fingerprint density at radius 2 is 1.84 bits per heavy atom. The fourth-order valence-corrected chi connectivity index (χ4v) is 4.25. The summed E-state index contributed by atoms with van der Waals surface area (Å²) in [4.78, 5) is 0. The first-order valence-electron chi connectivity index (χ1n) is 7.25. The average molecular weight is 273 g/mol. The van der Waals surface area contributed by atoms with Crippen molar-refractivity contribution in [2.45, 2.75) is 50.9 Å². The normalized spacial score (nSPS) is 13.0. The molecule has 0 aromatic heterocycles. The lowest BCUT2D eigenvalue weighted by molar-refractivity contribution is 0.626.